The van der Waals surface area contributed by atoms with E-state index in [1.54, 1.807) is 6.20 Å². The van der Waals surface area contributed by atoms with Gasteiger partial charge in [0.25, 0.3) is 5.91 Å². The third kappa shape index (κ3) is 4.86. The van der Waals surface area contributed by atoms with Crippen LogP contribution in [0.1, 0.15) is 20.8 Å². The molecule has 0 radical (unpaired) electrons. The summed E-state index contributed by atoms with van der Waals surface area (Å²) in [6.45, 7) is 1.43. The first kappa shape index (κ1) is 21.1. The maximum atomic E-state index is 12.6. The van der Waals surface area contributed by atoms with Crippen LogP contribution in [0.4, 0.5) is 9.93 Å². The predicted molar refractivity (Wildman–Crippen MR) is 122 cm³/mol. The van der Waals surface area contributed by atoms with E-state index in [9.17, 15) is 9.59 Å². The third-order valence-electron chi connectivity index (χ3n) is 5.15. The number of thiazole rings is 1. The Morgan fingerprint density at radius 3 is 2.94 bits per heavy atom. The minimum Gasteiger partial charge on any atom is -0.441 e. The number of ether oxygens (including phenoxy) is 2. The maximum absolute atomic E-state index is 12.6. The highest BCUT2D eigenvalue weighted by molar-refractivity contribution is 7.17. The fourth-order valence-corrected chi connectivity index (χ4v) is 4.31. The first-order valence-corrected chi connectivity index (χ1v) is 11.2. The van der Waals surface area contributed by atoms with Crippen molar-refractivity contribution in [1.29, 1.82) is 0 Å². The summed E-state index contributed by atoms with van der Waals surface area (Å²) in [5.74, 6) is -0.253. The summed E-state index contributed by atoms with van der Waals surface area (Å²) < 4.78 is 13.0. The maximum Gasteiger partial charge on any atom is 0.416 e. The van der Waals surface area contributed by atoms with Gasteiger partial charge in [0, 0.05) is 25.1 Å². The SMILES string of the molecule is O=C(NCc1ccn2ccnc2c1)c1cnc(N2CC(COCc3ccccc3)OC2=O)s1. The van der Waals surface area contributed by atoms with Gasteiger partial charge in [0.1, 0.15) is 16.6 Å². The molecule has 1 N–H and O–H groups in total. The largest absolute Gasteiger partial charge is 0.441 e. The van der Waals surface area contributed by atoms with Gasteiger partial charge in [0.2, 0.25) is 0 Å². The van der Waals surface area contributed by atoms with Gasteiger partial charge in [-0.1, -0.05) is 41.7 Å². The van der Waals surface area contributed by atoms with Crippen LogP contribution in [0.5, 0.6) is 0 Å². The molecular weight excluding hydrogens is 442 g/mol. The Bertz CT molecular complexity index is 1270. The number of nitrogens with one attached hydrogen (secondary N) is 1. The minimum atomic E-state index is -0.488. The Hall–Kier alpha value is -3.76. The number of carbonyl (C=O) groups is 2. The summed E-state index contributed by atoms with van der Waals surface area (Å²) in [7, 11) is 0. The van der Waals surface area contributed by atoms with Crippen LogP contribution in [-0.2, 0) is 22.6 Å². The molecule has 1 unspecified atom stereocenters. The minimum absolute atomic E-state index is 0.253. The van der Waals surface area contributed by atoms with Crippen molar-refractivity contribution in [2.45, 2.75) is 19.3 Å². The Kier molecular flexibility index (Phi) is 6.01. The second-order valence-corrected chi connectivity index (χ2v) is 8.54. The Balaban J connectivity index is 1.14. The number of benzene rings is 1. The number of anilines is 1. The number of imidazole rings is 1. The summed E-state index contributed by atoms with van der Waals surface area (Å²) in [5.41, 5.74) is 2.81. The van der Waals surface area contributed by atoms with Gasteiger partial charge >= 0.3 is 6.09 Å². The topological polar surface area (TPSA) is 98.1 Å². The second kappa shape index (κ2) is 9.39. The fourth-order valence-electron chi connectivity index (χ4n) is 3.47. The molecule has 1 atom stereocenters. The smallest absolute Gasteiger partial charge is 0.416 e. The van der Waals surface area contributed by atoms with Crippen LogP contribution in [0.15, 0.2) is 67.3 Å². The van der Waals surface area contributed by atoms with Crippen molar-refractivity contribution >= 4 is 34.1 Å². The lowest BCUT2D eigenvalue weighted by atomic mass is 10.2. The summed E-state index contributed by atoms with van der Waals surface area (Å²) in [4.78, 5) is 35.2. The molecule has 0 spiro atoms. The van der Waals surface area contributed by atoms with E-state index < -0.39 is 6.09 Å². The van der Waals surface area contributed by atoms with Gasteiger partial charge in [0.15, 0.2) is 5.13 Å². The van der Waals surface area contributed by atoms with Gasteiger partial charge in [-0.3, -0.25) is 4.79 Å². The number of nitrogens with zero attached hydrogens (tertiary/aromatic N) is 4. The van der Waals surface area contributed by atoms with Crippen LogP contribution >= 0.6 is 11.3 Å². The number of amides is 2. The summed E-state index contributed by atoms with van der Waals surface area (Å²) >= 11 is 1.15. The summed E-state index contributed by atoms with van der Waals surface area (Å²) in [5, 5.41) is 3.30. The molecule has 0 bridgehead atoms. The highest BCUT2D eigenvalue weighted by atomic mass is 32.1. The Morgan fingerprint density at radius 2 is 2.06 bits per heavy atom. The number of hydrogen-bond acceptors (Lipinski definition) is 7. The molecule has 1 aromatic carbocycles. The molecule has 1 fully saturated rings. The van der Waals surface area contributed by atoms with E-state index in [0.717, 1.165) is 28.1 Å². The van der Waals surface area contributed by atoms with Gasteiger partial charge in [0.05, 0.1) is 26.0 Å². The molecule has 168 valence electrons. The van der Waals surface area contributed by atoms with Crippen LogP contribution in [0.25, 0.3) is 5.65 Å². The fraction of sp³-hybridized carbons (Fsp3) is 0.217. The number of fused-ring (bicyclic) bond motifs is 1. The first-order chi connectivity index (χ1) is 16.2. The molecule has 3 aromatic heterocycles. The molecule has 0 aliphatic carbocycles. The second-order valence-electron chi connectivity index (χ2n) is 7.53. The summed E-state index contributed by atoms with van der Waals surface area (Å²) in [6, 6.07) is 13.6. The lowest BCUT2D eigenvalue weighted by Gasteiger charge is -2.09. The number of carbonyl (C=O) groups excluding carboxylic acids is 2. The quantitative estimate of drug-likeness (QED) is 0.431. The van der Waals surface area contributed by atoms with E-state index in [1.165, 1.54) is 11.1 Å². The van der Waals surface area contributed by atoms with Crippen molar-refractivity contribution < 1.29 is 19.1 Å². The van der Waals surface area contributed by atoms with Gasteiger partial charge in [-0.05, 0) is 23.3 Å². The monoisotopic (exact) mass is 463 g/mol. The molecule has 9 nitrogen and oxygen atoms in total. The van der Waals surface area contributed by atoms with E-state index in [-0.39, 0.29) is 18.6 Å². The molecule has 33 heavy (non-hydrogen) atoms. The standard InChI is InChI=1S/C23H21N5O4S/c29-21(25-11-17-6-8-27-9-7-24-20(27)10-17)19-12-26-22(33-19)28-13-18(32-23(28)30)15-31-14-16-4-2-1-3-5-16/h1-10,12,18H,11,13-15H2,(H,25,29). The van der Waals surface area contributed by atoms with E-state index in [1.807, 2.05) is 59.3 Å². The summed E-state index contributed by atoms with van der Waals surface area (Å²) in [6.07, 6.45) is 6.07. The molecule has 2 amide bonds. The van der Waals surface area contributed by atoms with Crippen LogP contribution < -0.4 is 10.2 Å². The van der Waals surface area contributed by atoms with E-state index >= 15 is 0 Å². The first-order valence-electron chi connectivity index (χ1n) is 10.4. The van der Waals surface area contributed by atoms with Gasteiger partial charge in [-0.15, -0.1) is 0 Å². The zero-order valence-corrected chi connectivity index (χ0v) is 18.4. The highest BCUT2D eigenvalue weighted by Gasteiger charge is 2.34. The molecule has 5 rings (SSSR count). The average molecular weight is 464 g/mol. The Morgan fingerprint density at radius 1 is 1.18 bits per heavy atom. The number of pyridine rings is 1. The molecule has 1 aliphatic heterocycles. The number of aromatic nitrogens is 3. The van der Waals surface area contributed by atoms with E-state index in [0.29, 0.717) is 29.7 Å². The third-order valence-corrected chi connectivity index (χ3v) is 6.17. The van der Waals surface area contributed by atoms with Crippen molar-refractivity contribution in [2.75, 3.05) is 18.1 Å². The zero-order valence-electron chi connectivity index (χ0n) is 17.6. The van der Waals surface area contributed by atoms with Gasteiger partial charge in [-0.2, -0.15) is 0 Å². The lowest BCUT2D eigenvalue weighted by molar-refractivity contribution is 0.0381. The van der Waals surface area contributed by atoms with Crippen LogP contribution in [0.3, 0.4) is 0 Å². The Labute approximate surface area is 193 Å². The normalized spacial score (nSPS) is 15.7. The number of hydrogen-bond donors (Lipinski definition) is 1. The molecule has 4 heterocycles. The van der Waals surface area contributed by atoms with Crippen molar-refractivity contribution in [3.05, 3.63) is 83.3 Å². The van der Waals surface area contributed by atoms with Crippen LogP contribution in [0, 0.1) is 0 Å². The van der Waals surface area contributed by atoms with Crippen LogP contribution in [0.2, 0.25) is 0 Å². The van der Waals surface area contributed by atoms with Gasteiger partial charge < -0.3 is 19.2 Å². The molecular formula is C23H21N5O4S. The van der Waals surface area contributed by atoms with E-state index in [4.69, 9.17) is 9.47 Å². The van der Waals surface area contributed by atoms with E-state index in [2.05, 4.69) is 15.3 Å². The molecule has 0 saturated carbocycles. The molecule has 1 saturated heterocycles. The van der Waals surface area contributed by atoms with Crippen molar-refractivity contribution in [2.24, 2.45) is 0 Å². The van der Waals surface area contributed by atoms with Crippen LogP contribution in [-0.4, -0.2) is 45.6 Å². The molecule has 4 aromatic rings. The highest BCUT2D eigenvalue weighted by Crippen LogP contribution is 2.27. The predicted octanol–water partition coefficient (Wildman–Crippen LogP) is 3.26. The van der Waals surface area contributed by atoms with Crippen molar-refractivity contribution in [1.82, 2.24) is 19.7 Å². The van der Waals surface area contributed by atoms with Crippen molar-refractivity contribution in [3.63, 3.8) is 0 Å². The number of rotatable bonds is 8. The molecule has 10 heteroatoms. The zero-order chi connectivity index (χ0) is 22.6. The molecule has 1 aliphatic rings. The lowest BCUT2D eigenvalue weighted by Crippen LogP contribution is -2.25. The van der Waals surface area contributed by atoms with Crippen molar-refractivity contribution in [3.8, 4) is 0 Å². The average Bonchev–Trinajstić information content (AvgIpc) is 3.57. The number of cyclic esters (lactones) is 1. The van der Waals surface area contributed by atoms with Gasteiger partial charge in [-0.25, -0.2) is 19.7 Å².